The molecule has 0 aliphatic carbocycles. The molecule has 13 heavy (non-hydrogen) atoms. The minimum Gasteiger partial charge on any atom is -0.329 e. The minimum atomic E-state index is -0.329. The van der Waals surface area contributed by atoms with Crippen LogP contribution >= 0.6 is 0 Å². The highest BCUT2D eigenvalue weighted by atomic mass is 16.2. The van der Waals surface area contributed by atoms with Crippen molar-refractivity contribution in [2.24, 2.45) is 5.73 Å². The van der Waals surface area contributed by atoms with Gasteiger partial charge >= 0.3 is 0 Å². The molecule has 0 aromatic heterocycles. The zero-order valence-electron chi connectivity index (χ0n) is 7.75. The van der Waals surface area contributed by atoms with E-state index in [0.717, 1.165) is 6.54 Å². The van der Waals surface area contributed by atoms with Crippen LogP contribution < -0.4 is 11.1 Å². The first-order valence-electron chi connectivity index (χ1n) is 4.37. The molecule has 5 nitrogen and oxygen atoms in total. The van der Waals surface area contributed by atoms with Crippen molar-refractivity contribution in [3.63, 3.8) is 0 Å². The molecule has 0 radical (unpaired) electrons. The molecule has 1 heterocycles. The molecule has 1 unspecified atom stereocenters. The predicted molar refractivity (Wildman–Crippen MR) is 48.1 cm³/mol. The molecule has 0 spiro atoms. The Labute approximate surface area is 77.3 Å². The number of Topliss-reactive ketones (excluding diaryl/α,β-unsaturated/α-hetero) is 1. The molecule has 1 aliphatic heterocycles. The molecule has 0 bridgehead atoms. The van der Waals surface area contributed by atoms with E-state index >= 15 is 0 Å². The van der Waals surface area contributed by atoms with E-state index in [1.54, 1.807) is 4.90 Å². The lowest BCUT2D eigenvalue weighted by molar-refractivity contribution is -0.138. The Morgan fingerprint density at radius 2 is 2.31 bits per heavy atom. The van der Waals surface area contributed by atoms with E-state index in [9.17, 15) is 9.59 Å². The van der Waals surface area contributed by atoms with Gasteiger partial charge in [-0.1, -0.05) is 0 Å². The van der Waals surface area contributed by atoms with E-state index in [2.05, 4.69) is 5.32 Å². The van der Waals surface area contributed by atoms with Crippen LogP contribution in [0, 0.1) is 0 Å². The van der Waals surface area contributed by atoms with E-state index < -0.39 is 0 Å². The average Bonchev–Trinajstić information content (AvgIpc) is 2.16. The van der Waals surface area contributed by atoms with E-state index in [0.29, 0.717) is 13.1 Å². The third kappa shape index (κ3) is 2.26. The molecule has 0 saturated carbocycles. The number of hydrogen-bond acceptors (Lipinski definition) is 4. The van der Waals surface area contributed by atoms with Gasteiger partial charge in [0.1, 0.15) is 6.04 Å². The molecule has 1 rings (SSSR count). The van der Waals surface area contributed by atoms with Gasteiger partial charge in [-0.25, -0.2) is 0 Å². The Kier molecular flexibility index (Phi) is 3.39. The number of nitrogens with one attached hydrogen (secondary N) is 1. The van der Waals surface area contributed by atoms with Crippen molar-refractivity contribution < 1.29 is 9.59 Å². The van der Waals surface area contributed by atoms with E-state index in [-0.39, 0.29) is 24.3 Å². The third-order valence-electron chi connectivity index (χ3n) is 2.21. The second kappa shape index (κ2) is 4.34. The lowest BCUT2D eigenvalue weighted by atomic mass is 10.1. The molecule has 1 amide bonds. The van der Waals surface area contributed by atoms with Crippen LogP contribution in [0.25, 0.3) is 0 Å². The normalized spacial score (nSPS) is 22.9. The second-order valence-electron chi connectivity index (χ2n) is 3.12. The first kappa shape index (κ1) is 10.1. The third-order valence-corrected chi connectivity index (χ3v) is 2.21. The van der Waals surface area contributed by atoms with Gasteiger partial charge < -0.3 is 16.0 Å². The van der Waals surface area contributed by atoms with Gasteiger partial charge in [-0.3, -0.25) is 9.59 Å². The summed E-state index contributed by atoms with van der Waals surface area (Å²) in [7, 11) is 0. The largest absolute Gasteiger partial charge is 0.329 e. The van der Waals surface area contributed by atoms with Crippen LogP contribution in [0.3, 0.4) is 0 Å². The fraction of sp³-hybridized carbons (Fsp3) is 0.750. The van der Waals surface area contributed by atoms with E-state index in [4.69, 9.17) is 5.73 Å². The number of hydrogen-bond donors (Lipinski definition) is 2. The van der Waals surface area contributed by atoms with Crippen LogP contribution in [0.4, 0.5) is 0 Å². The molecule has 1 fully saturated rings. The van der Waals surface area contributed by atoms with Gasteiger partial charge in [0.05, 0.1) is 6.54 Å². The van der Waals surface area contributed by atoms with E-state index in [1.165, 1.54) is 6.92 Å². The number of rotatable bonds is 2. The monoisotopic (exact) mass is 185 g/mol. The summed E-state index contributed by atoms with van der Waals surface area (Å²) < 4.78 is 0. The molecule has 0 aromatic carbocycles. The van der Waals surface area contributed by atoms with Crippen molar-refractivity contribution >= 4 is 11.7 Å². The first-order valence-corrected chi connectivity index (χ1v) is 4.37. The van der Waals surface area contributed by atoms with Crippen LogP contribution in [0.1, 0.15) is 6.92 Å². The van der Waals surface area contributed by atoms with Crippen molar-refractivity contribution in [2.75, 3.05) is 26.2 Å². The smallest absolute Gasteiger partial charge is 0.237 e. The Morgan fingerprint density at radius 1 is 1.62 bits per heavy atom. The summed E-state index contributed by atoms with van der Waals surface area (Å²) in [6.45, 7) is 3.31. The minimum absolute atomic E-state index is 0.00833. The van der Waals surface area contributed by atoms with Gasteiger partial charge in [-0.15, -0.1) is 0 Å². The van der Waals surface area contributed by atoms with E-state index in [1.807, 2.05) is 0 Å². The fourth-order valence-corrected chi connectivity index (χ4v) is 1.48. The summed E-state index contributed by atoms with van der Waals surface area (Å²) in [5.74, 6) is -0.143. The zero-order chi connectivity index (χ0) is 9.84. The summed E-state index contributed by atoms with van der Waals surface area (Å²) in [4.78, 5) is 24.0. The first-order chi connectivity index (χ1) is 6.16. The number of ketones is 1. The van der Waals surface area contributed by atoms with Crippen molar-refractivity contribution in [1.29, 1.82) is 0 Å². The second-order valence-corrected chi connectivity index (χ2v) is 3.12. The molecular formula is C8H15N3O2. The molecule has 5 heteroatoms. The van der Waals surface area contributed by atoms with Gasteiger partial charge in [-0.2, -0.15) is 0 Å². The van der Waals surface area contributed by atoms with Crippen molar-refractivity contribution in [1.82, 2.24) is 10.2 Å². The highest BCUT2D eigenvalue weighted by Crippen LogP contribution is 2.04. The molecule has 3 N–H and O–H groups in total. The predicted octanol–water partition coefficient (Wildman–Crippen LogP) is -1.67. The number of carbonyl (C=O) groups excluding carboxylic acids is 2. The maximum absolute atomic E-state index is 11.3. The van der Waals surface area contributed by atoms with Gasteiger partial charge in [-0.05, 0) is 6.92 Å². The van der Waals surface area contributed by atoms with Crippen LogP contribution in [-0.2, 0) is 9.59 Å². The Balaban J connectivity index is 2.67. The number of amides is 1. The topological polar surface area (TPSA) is 75.4 Å². The Hall–Kier alpha value is -0.940. The van der Waals surface area contributed by atoms with Gasteiger partial charge in [0, 0.05) is 19.6 Å². The molecule has 74 valence electrons. The van der Waals surface area contributed by atoms with Crippen LogP contribution in [0.5, 0.6) is 0 Å². The summed E-state index contributed by atoms with van der Waals surface area (Å²) >= 11 is 0. The SMILES string of the molecule is CC(=O)C1CNCCN1C(=O)CN. The van der Waals surface area contributed by atoms with Gasteiger partial charge in [0.2, 0.25) is 5.91 Å². The Bertz CT molecular complexity index is 217. The maximum Gasteiger partial charge on any atom is 0.237 e. The molecule has 0 aromatic rings. The zero-order valence-corrected chi connectivity index (χ0v) is 7.75. The maximum atomic E-state index is 11.3. The summed E-state index contributed by atoms with van der Waals surface area (Å²) in [5.41, 5.74) is 5.24. The molecular weight excluding hydrogens is 170 g/mol. The average molecular weight is 185 g/mol. The summed E-state index contributed by atoms with van der Waals surface area (Å²) in [5, 5.41) is 3.07. The van der Waals surface area contributed by atoms with Gasteiger partial charge in [0.25, 0.3) is 0 Å². The molecule has 1 atom stereocenters. The molecule has 1 saturated heterocycles. The number of carbonyl (C=O) groups is 2. The van der Waals surface area contributed by atoms with Crippen molar-refractivity contribution in [3.8, 4) is 0 Å². The van der Waals surface area contributed by atoms with Gasteiger partial charge in [0.15, 0.2) is 5.78 Å². The Morgan fingerprint density at radius 3 is 2.85 bits per heavy atom. The summed E-state index contributed by atoms with van der Waals surface area (Å²) in [6.07, 6.45) is 0. The van der Waals surface area contributed by atoms with Crippen molar-refractivity contribution in [3.05, 3.63) is 0 Å². The fourth-order valence-electron chi connectivity index (χ4n) is 1.48. The van der Waals surface area contributed by atoms with Crippen LogP contribution in [-0.4, -0.2) is 48.8 Å². The summed E-state index contributed by atoms with van der Waals surface area (Å²) in [6, 6.07) is -0.329. The number of nitrogens with zero attached hydrogens (tertiary/aromatic N) is 1. The lowest BCUT2D eigenvalue weighted by Crippen LogP contribution is -2.57. The highest BCUT2D eigenvalue weighted by molar-refractivity contribution is 5.88. The molecule has 1 aliphatic rings. The number of nitrogens with two attached hydrogens (primary N) is 1. The van der Waals surface area contributed by atoms with Crippen LogP contribution in [0.2, 0.25) is 0 Å². The van der Waals surface area contributed by atoms with Crippen molar-refractivity contribution in [2.45, 2.75) is 13.0 Å². The lowest BCUT2D eigenvalue weighted by Gasteiger charge is -2.34. The van der Waals surface area contributed by atoms with Crippen LogP contribution in [0.15, 0.2) is 0 Å². The number of piperazine rings is 1. The standard InChI is InChI=1S/C8H15N3O2/c1-6(12)7-5-10-2-3-11(7)8(13)4-9/h7,10H,2-5,9H2,1H3. The highest BCUT2D eigenvalue weighted by Gasteiger charge is 2.28. The quantitative estimate of drug-likeness (QED) is 0.539.